The summed E-state index contributed by atoms with van der Waals surface area (Å²) in [4.78, 5) is 25.3. The summed E-state index contributed by atoms with van der Waals surface area (Å²) in [5, 5.41) is 13.1. The predicted octanol–water partition coefficient (Wildman–Crippen LogP) is 1.21. The van der Waals surface area contributed by atoms with E-state index in [1.807, 2.05) is 30.3 Å². The molecule has 0 aromatic heterocycles. The molecular formula is C17H26N2O3. The number of carbonyl (C=O) groups is 2. The topological polar surface area (TPSA) is 69.6 Å². The number of likely N-dealkylation sites (N-methyl/N-ethyl adjacent to an activating group) is 1. The molecule has 22 heavy (non-hydrogen) atoms. The van der Waals surface area contributed by atoms with Crippen LogP contribution in [0.15, 0.2) is 30.3 Å². The molecule has 2 N–H and O–H groups in total. The second kappa shape index (κ2) is 8.66. The van der Waals surface area contributed by atoms with Crippen molar-refractivity contribution in [2.24, 2.45) is 5.92 Å². The summed E-state index contributed by atoms with van der Waals surface area (Å²) in [6.07, 6.45) is -0.680. The minimum absolute atomic E-state index is 0.103. The van der Waals surface area contributed by atoms with Crippen LogP contribution >= 0.6 is 0 Å². The van der Waals surface area contributed by atoms with Gasteiger partial charge in [0, 0.05) is 13.0 Å². The van der Waals surface area contributed by atoms with Crippen molar-refractivity contribution in [3.63, 3.8) is 0 Å². The Bertz CT molecular complexity index is 488. The molecule has 0 aliphatic heterocycles. The first-order chi connectivity index (χ1) is 10.3. The number of nitrogens with zero attached hydrogens (tertiary/aromatic N) is 1. The predicted molar refractivity (Wildman–Crippen MR) is 86.2 cm³/mol. The van der Waals surface area contributed by atoms with Crippen molar-refractivity contribution in [2.45, 2.75) is 39.0 Å². The summed E-state index contributed by atoms with van der Waals surface area (Å²) in [7, 11) is 3.50. The molecule has 0 aliphatic carbocycles. The molecule has 1 amide bonds. The average molecular weight is 306 g/mol. The van der Waals surface area contributed by atoms with Gasteiger partial charge in [0.1, 0.15) is 5.78 Å². The number of nitrogens with one attached hydrogen (secondary N) is 1. The van der Waals surface area contributed by atoms with Crippen LogP contribution in [0.2, 0.25) is 0 Å². The lowest BCUT2D eigenvalue weighted by atomic mass is 9.92. The molecule has 0 radical (unpaired) electrons. The quantitative estimate of drug-likeness (QED) is 0.757. The highest BCUT2D eigenvalue weighted by Gasteiger charge is 2.31. The Hall–Kier alpha value is -1.72. The molecule has 1 unspecified atom stereocenters. The third-order valence-corrected chi connectivity index (χ3v) is 3.72. The van der Waals surface area contributed by atoms with Gasteiger partial charge in [0.05, 0.1) is 12.1 Å². The maximum absolute atomic E-state index is 12.0. The van der Waals surface area contributed by atoms with Crippen LogP contribution in [0.1, 0.15) is 25.8 Å². The zero-order valence-electron chi connectivity index (χ0n) is 13.7. The van der Waals surface area contributed by atoms with Gasteiger partial charge >= 0.3 is 0 Å². The average Bonchev–Trinajstić information content (AvgIpc) is 2.45. The van der Waals surface area contributed by atoms with E-state index in [4.69, 9.17) is 0 Å². The number of carbonyl (C=O) groups excluding carboxylic acids is 2. The van der Waals surface area contributed by atoms with Gasteiger partial charge in [0.2, 0.25) is 5.91 Å². The zero-order chi connectivity index (χ0) is 16.7. The lowest BCUT2D eigenvalue weighted by molar-refractivity contribution is -0.129. The first-order valence-corrected chi connectivity index (χ1v) is 7.48. The summed E-state index contributed by atoms with van der Waals surface area (Å²) in [5.41, 5.74) is 1.03. The number of rotatable bonds is 8. The number of hydrogen-bond acceptors (Lipinski definition) is 4. The summed E-state index contributed by atoms with van der Waals surface area (Å²) in [6, 6.07) is 9.06. The molecule has 1 aromatic carbocycles. The van der Waals surface area contributed by atoms with Crippen molar-refractivity contribution in [3.05, 3.63) is 35.9 Å². The zero-order valence-corrected chi connectivity index (χ0v) is 13.7. The molecule has 0 saturated carbocycles. The van der Waals surface area contributed by atoms with Gasteiger partial charge in [-0.2, -0.15) is 0 Å². The molecule has 0 aliphatic rings. The van der Waals surface area contributed by atoms with Gasteiger partial charge in [0.15, 0.2) is 0 Å². The van der Waals surface area contributed by atoms with Gasteiger partial charge in [-0.15, -0.1) is 0 Å². The van der Waals surface area contributed by atoms with E-state index in [1.54, 1.807) is 25.9 Å². The highest BCUT2D eigenvalue weighted by molar-refractivity contribution is 5.82. The van der Waals surface area contributed by atoms with Crippen LogP contribution in [0.3, 0.4) is 0 Å². The fourth-order valence-corrected chi connectivity index (χ4v) is 2.50. The van der Waals surface area contributed by atoms with E-state index in [1.165, 1.54) is 6.92 Å². The SMILES string of the molecule is CC(=O)[C@H](C(O)[C@H](C)CC(=O)NCc1ccccc1)N(C)C. The van der Waals surface area contributed by atoms with Gasteiger partial charge < -0.3 is 10.4 Å². The second-order valence-electron chi connectivity index (χ2n) is 5.95. The Morgan fingerprint density at radius 1 is 1.23 bits per heavy atom. The van der Waals surface area contributed by atoms with E-state index in [9.17, 15) is 14.7 Å². The molecule has 0 heterocycles. The first kappa shape index (κ1) is 18.3. The molecule has 1 aromatic rings. The van der Waals surface area contributed by atoms with Crippen molar-refractivity contribution in [1.82, 2.24) is 10.2 Å². The summed E-state index contributed by atoms with van der Waals surface area (Å²) >= 11 is 0. The molecule has 5 heteroatoms. The van der Waals surface area contributed by atoms with Gasteiger partial charge in [-0.3, -0.25) is 14.5 Å². The van der Waals surface area contributed by atoms with E-state index >= 15 is 0 Å². The molecule has 5 nitrogen and oxygen atoms in total. The van der Waals surface area contributed by atoms with Gasteiger partial charge in [0.25, 0.3) is 0 Å². The molecule has 3 atom stereocenters. The minimum Gasteiger partial charge on any atom is -0.391 e. The lowest BCUT2D eigenvalue weighted by Gasteiger charge is -2.30. The Morgan fingerprint density at radius 2 is 1.82 bits per heavy atom. The minimum atomic E-state index is -0.866. The van der Waals surface area contributed by atoms with Crippen LogP contribution in [-0.4, -0.2) is 47.9 Å². The largest absolute Gasteiger partial charge is 0.391 e. The number of aliphatic hydroxyl groups is 1. The lowest BCUT2D eigenvalue weighted by Crippen LogP contribution is -2.47. The van der Waals surface area contributed by atoms with Crippen LogP contribution in [0.4, 0.5) is 0 Å². The number of aliphatic hydroxyl groups excluding tert-OH is 1. The van der Waals surface area contributed by atoms with Crippen LogP contribution in [0.25, 0.3) is 0 Å². The van der Waals surface area contributed by atoms with Gasteiger partial charge in [-0.05, 0) is 32.5 Å². The smallest absolute Gasteiger partial charge is 0.220 e. The maximum Gasteiger partial charge on any atom is 0.220 e. The summed E-state index contributed by atoms with van der Waals surface area (Å²) in [5.74, 6) is -0.530. The van der Waals surface area contributed by atoms with Gasteiger partial charge in [-0.25, -0.2) is 0 Å². The van der Waals surface area contributed by atoms with Crippen LogP contribution in [0.5, 0.6) is 0 Å². The monoisotopic (exact) mass is 306 g/mol. The fraction of sp³-hybridized carbons (Fsp3) is 0.529. The van der Waals surface area contributed by atoms with Gasteiger partial charge in [-0.1, -0.05) is 37.3 Å². The van der Waals surface area contributed by atoms with Crippen molar-refractivity contribution < 1.29 is 14.7 Å². The Kier molecular flexibility index (Phi) is 7.21. The molecule has 122 valence electrons. The van der Waals surface area contributed by atoms with Crippen molar-refractivity contribution in [2.75, 3.05) is 14.1 Å². The number of amides is 1. The van der Waals surface area contributed by atoms with Crippen LogP contribution in [0, 0.1) is 5.92 Å². The maximum atomic E-state index is 12.0. The second-order valence-corrected chi connectivity index (χ2v) is 5.95. The normalized spacial score (nSPS) is 15.2. The third-order valence-electron chi connectivity index (χ3n) is 3.72. The van der Waals surface area contributed by atoms with Crippen LogP contribution < -0.4 is 5.32 Å². The number of ketones is 1. The van der Waals surface area contributed by atoms with E-state index < -0.39 is 12.1 Å². The van der Waals surface area contributed by atoms with E-state index in [2.05, 4.69) is 5.32 Å². The number of benzene rings is 1. The molecule has 0 fully saturated rings. The Labute approximate surface area is 132 Å². The highest BCUT2D eigenvalue weighted by atomic mass is 16.3. The summed E-state index contributed by atoms with van der Waals surface area (Å²) in [6.45, 7) is 3.70. The van der Waals surface area contributed by atoms with E-state index in [0.717, 1.165) is 5.56 Å². The number of Topliss-reactive ketones (excluding diaryl/α,β-unsaturated/α-hetero) is 1. The summed E-state index contributed by atoms with van der Waals surface area (Å²) < 4.78 is 0. The fourth-order valence-electron chi connectivity index (χ4n) is 2.50. The van der Waals surface area contributed by atoms with Crippen LogP contribution in [-0.2, 0) is 16.1 Å². The first-order valence-electron chi connectivity index (χ1n) is 7.48. The van der Waals surface area contributed by atoms with Crippen molar-refractivity contribution in [1.29, 1.82) is 0 Å². The third kappa shape index (κ3) is 5.58. The van der Waals surface area contributed by atoms with E-state index in [0.29, 0.717) is 6.54 Å². The van der Waals surface area contributed by atoms with Crippen molar-refractivity contribution >= 4 is 11.7 Å². The molecule has 0 spiro atoms. The molecule has 0 bridgehead atoms. The molecular weight excluding hydrogens is 280 g/mol. The van der Waals surface area contributed by atoms with Crippen molar-refractivity contribution in [3.8, 4) is 0 Å². The highest BCUT2D eigenvalue weighted by Crippen LogP contribution is 2.15. The Morgan fingerprint density at radius 3 is 2.32 bits per heavy atom. The molecule has 0 saturated heterocycles. The number of hydrogen-bond donors (Lipinski definition) is 2. The van der Waals surface area contributed by atoms with E-state index in [-0.39, 0.29) is 24.0 Å². The molecule has 1 rings (SSSR count). The standard InChI is InChI=1S/C17H26N2O3/c1-12(17(22)16(13(2)20)19(3)4)10-15(21)18-11-14-8-6-5-7-9-14/h5-9,12,16-17,22H,10-11H2,1-4H3,(H,18,21)/t12-,16-,17?/m1/s1. The Balaban J connectivity index is 2.50.